The van der Waals surface area contributed by atoms with Gasteiger partial charge in [0.25, 0.3) is 0 Å². The van der Waals surface area contributed by atoms with Gasteiger partial charge in [-0.2, -0.15) is 5.10 Å². The molecule has 0 fully saturated rings. The molecule has 0 aromatic heterocycles. The molecule has 1 N–H and O–H groups in total. The van der Waals surface area contributed by atoms with E-state index in [0.717, 1.165) is 18.7 Å². The summed E-state index contributed by atoms with van der Waals surface area (Å²) in [4.78, 5) is 0. The normalized spacial score (nSPS) is 16.1. The molecule has 3 aromatic rings. The van der Waals surface area contributed by atoms with Crippen molar-refractivity contribution in [3.05, 3.63) is 78.4 Å². The summed E-state index contributed by atoms with van der Waals surface area (Å²) in [5.41, 5.74) is 3.59. The van der Waals surface area contributed by atoms with E-state index >= 15 is 0 Å². The highest BCUT2D eigenvalue weighted by Crippen LogP contribution is 2.29. The van der Waals surface area contributed by atoms with Gasteiger partial charge in [-0.05, 0) is 42.1 Å². The van der Waals surface area contributed by atoms with Crippen LogP contribution in [-0.2, 0) is 0 Å². The van der Waals surface area contributed by atoms with Crippen LogP contribution >= 0.6 is 12.2 Å². The fourth-order valence-electron chi connectivity index (χ4n) is 3.95. The van der Waals surface area contributed by atoms with Gasteiger partial charge >= 0.3 is 0 Å². The standard InChI is InChI=1S/C25H27N3S/c1-2-3-5-16-24-22(20-11-6-4-7-12-20)18-28(27-24)25(29)26-23-17-10-14-19-13-8-9-15-21(19)23/h4,6-15,17,22H,2-3,5,16,18H2,1H3,(H,26,29). The maximum Gasteiger partial charge on any atom is 0.194 e. The third kappa shape index (κ3) is 4.48. The Kier molecular flexibility index (Phi) is 6.20. The van der Waals surface area contributed by atoms with Crippen molar-refractivity contribution < 1.29 is 0 Å². The molecule has 0 saturated heterocycles. The number of hydrazone groups is 1. The van der Waals surface area contributed by atoms with Crippen molar-refractivity contribution in [1.29, 1.82) is 0 Å². The molecule has 1 unspecified atom stereocenters. The topological polar surface area (TPSA) is 27.6 Å². The van der Waals surface area contributed by atoms with Crippen molar-refractivity contribution in [2.24, 2.45) is 5.10 Å². The van der Waals surface area contributed by atoms with Gasteiger partial charge in [0.05, 0.1) is 6.54 Å². The van der Waals surface area contributed by atoms with Crippen molar-refractivity contribution >= 4 is 39.5 Å². The number of rotatable bonds is 6. The first-order chi connectivity index (χ1) is 14.3. The van der Waals surface area contributed by atoms with Crippen molar-refractivity contribution in [1.82, 2.24) is 5.01 Å². The lowest BCUT2D eigenvalue weighted by molar-refractivity contribution is 0.482. The van der Waals surface area contributed by atoms with E-state index in [2.05, 4.69) is 85.0 Å². The summed E-state index contributed by atoms with van der Waals surface area (Å²) in [7, 11) is 0. The summed E-state index contributed by atoms with van der Waals surface area (Å²) in [6, 6.07) is 25.3. The number of fused-ring (bicyclic) bond motifs is 1. The monoisotopic (exact) mass is 401 g/mol. The summed E-state index contributed by atoms with van der Waals surface area (Å²) in [5.74, 6) is 0.306. The Morgan fingerprint density at radius 2 is 1.76 bits per heavy atom. The van der Waals surface area contributed by atoms with E-state index in [-0.39, 0.29) is 0 Å². The van der Waals surface area contributed by atoms with Crippen LogP contribution in [0, 0.1) is 0 Å². The molecule has 148 valence electrons. The number of thiocarbonyl (C=S) groups is 1. The second-order valence-electron chi connectivity index (χ2n) is 7.55. The molecule has 1 aliphatic rings. The van der Waals surface area contributed by atoms with Crippen LogP contribution in [0.15, 0.2) is 77.9 Å². The van der Waals surface area contributed by atoms with Crippen LogP contribution in [0.3, 0.4) is 0 Å². The van der Waals surface area contributed by atoms with Crippen LogP contribution in [0.25, 0.3) is 10.8 Å². The average Bonchev–Trinajstić information content (AvgIpc) is 3.19. The van der Waals surface area contributed by atoms with E-state index in [1.54, 1.807) is 0 Å². The SMILES string of the molecule is CCCCCC1=NN(C(=S)Nc2cccc3ccccc23)CC1c1ccccc1. The van der Waals surface area contributed by atoms with Gasteiger partial charge in [-0.25, -0.2) is 5.01 Å². The van der Waals surface area contributed by atoms with Gasteiger partial charge in [-0.15, -0.1) is 0 Å². The van der Waals surface area contributed by atoms with Crippen LogP contribution < -0.4 is 5.32 Å². The predicted molar refractivity (Wildman–Crippen MR) is 128 cm³/mol. The zero-order valence-corrected chi connectivity index (χ0v) is 17.7. The predicted octanol–water partition coefficient (Wildman–Crippen LogP) is 6.57. The van der Waals surface area contributed by atoms with Crippen LogP contribution in [0.1, 0.15) is 44.1 Å². The van der Waals surface area contributed by atoms with Gasteiger partial charge in [0.2, 0.25) is 0 Å². The number of nitrogens with zero attached hydrogens (tertiary/aromatic N) is 2. The van der Waals surface area contributed by atoms with Crippen LogP contribution in [0.4, 0.5) is 5.69 Å². The molecule has 1 heterocycles. The minimum absolute atomic E-state index is 0.306. The van der Waals surface area contributed by atoms with E-state index in [1.165, 1.54) is 41.3 Å². The molecule has 0 aliphatic carbocycles. The van der Waals surface area contributed by atoms with Crippen molar-refractivity contribution in [2.75, 3.05) is 11.9 Å². The van der Waals surface area contributed by atoms with Crippen molar-refractivity contribution in [3.63, 3.8) is 0 Å². The van der Waals surface area contributed by atoms with Gasteiger partial charge in [0.15, 0.2) is 5.11 Å². The summed E-state index contributed by atoms with van der Waals surface area (Å²) in [5, 5.41) is 13.4. The van der Waals surface area contributed by atoms with Gasteiger partial charge in [0, 0.05) is 22.7 Å². The summed E-state index contributed by atoms with van der Waals surface area (Å²) in [6.45, 7) is 3.03. The lowest BCUT2D eigenvalue weighted by Gasteiger charge is -2.19. The molecule has 0 bridgehead atoms. The number of benzene rings is 3. The molecule has 0 amide bonds. The van der Waals surface area contributed by atoms with Gasteiger partial charge in [0.1, 0.15) is 0 Å². The lowest BCUT2D eigenvalue weighted by Crippen LogP contribution is -2.30. The highest BCUT2D eigenvalue weighted by atomic mass is 32.1. The molecule has 29 heavy (non-hydrogen) atoms. The third-order valence-corrected chi connectivity index (χ3v) is 5.82. The van der Waals surface area contributed by atoms with E-state index in [9.17, 15) is 0 Å². The van der Waals surface area contributed by atoms with Crippen molar-refractivity contribution in [3.8, 4) is 0 Å². The average molecular weight is 402 g/mol. The zero-order valence-electron chi connectivity index (χ0n) is 16.8. The van der Waals surface area contributed by atoms with E-state index in [4.69, 9.17) is 17.3 Å². The molecule has 1 atom stereocenters. The van der Waals surface area contributed by atoms with Crippen LogP contribution in [0.5, 0.6) is 0 Å². The number of hydrogen-bond acceptors (Lipinski definition) is 2. The zero-order chi connectivity index (χ0) is 20.1. The molecule has 3 nitrogen and oxygen atoms in total. The molecule has 0 radical (unpaired) electrons. The minimum atomic E-state index is 0.306. The number of hydrogen-bond donors (Lipinski definition) is 1. The van der Waals surface area contributed by atoms with Gasteiger partial charge in [-0.3, -0.25) is 0 Å². The van der Waals surface area contributed by atoms with Gasteiger partial charge in [-0.1, -0.05) is 86.5 Å². The first kappa shape index (κ1) is 19.6. The molecule has 4 heteroatoms. The minimum Gasteiger partial charge on any atom is -0.331 e. The second-order valence-corrected chi connectivity index (χ2v) is 7.94. The third-order valence-electron chi connectivity index (χ3n) is 5.51. The Labute approximate surface area is 178 Å². The van der Waals surface area contributed by atoms with Crippen molar-refractivity contribution in [2.45, 2.75) is 38.5 Å². The second kappa shape index (κ2) is 9.19. The highest BCUT2D eigenvalue weighted by Gasteiger charge is 2.29. The Morgan fingerprint density at radius 1 is 1.00 bits per heavy atom. The molecule has 4 rings (SSSR count). The fraction of sp³-hybridized carbons (Fsp3) is 0.280. The molecule has 0 saturated carbocycles. The molecular weight excluding hydrogens is 374 g/mol. The van der Waals surface area contributed by atoms with E-state index in [0.29, 0.717) is 11.0 Å². The Bertz CT molecular complexity index is 1010. The quantitative estimate of drug-likeness (QED) is 0.374. The molecule has 0 spiro atoms. The van der Waals surface area contributed by atoms with Crippen LogP contribution in [-0.4, -0.2) is 22.4 Å². The maximum atomic E-state index is 5.76. The summed E-state index contributed by atoms with van der Waals surface area (Å²) in [6.07, 6.45) is 4.66. The number of unbranched alkanes of at least 4 members (excludes halogenated alkanes) is 2. The molecule has 3 aromatic carbocycles. The largest absolute Gasteiger partial charge is 0.331 e. The van der Waals surface area contributed by atoms with E-state index in [1.807, 2.05) is 5.01 Å². The summed E-state index contributed by atoms with van der Waals surface area (Å²) < 4.78 is 0. The number of anilines is 1. The molecular formula is C25H27N3S. The first-order valence-corrected chi connectivity index (χ1v) is 10.9. The number of nitrogens with one attached hydrogen (secondary N) is 1. The molecule has 1 aliphatic heterocycles. The highest BCUT2D eigenvalue weighted by molar-refractivity contribution is 7.80. The van der Waals surface area contributed by atoms with Gasteiger partial charge < -0.3 is 5.32 Å². The fourth-order valence-corrected chi connectivity index (χ4v) is 4.18. The summed E-state index contributed by atoms with van der Waals surface area (Å²) >= 11 is 5.76. The maximum absolute atomic E-state index is 5.76. The Hall–Kier alpha value is -2.72. The van der Waals surface area contributed by atoms with Crippen LogP contribution in [0.2, 0.25) is 0 Å². The van der Waals surface area contributed by atoms with E-state index < -0.39 is 0 Å². The Balaban J connectivity index is 1.54. The first-order valence-electron chi connectivity index (χ1n) is 10.4. The smallest absolute Gasteiger partial charge is 0.194 e. The Morgan fingerprint density at radius 3 is 2.59 bits per heavy atom. The lowest BCUT2D eigenvalue weighted by atomic mass is 9.92.